The molecule has 4 nitrogen and oxygen atoms in total. The lowest BCUT2D eigenvalue weighted by Crippen LogP contribution is -2.09. The quantitative estimate of drug-likeness (QED) is 0.672. The zero-order chi connectivity index (χ0) is 14.3. The molecule has 0 unspecified atom stereocenters. The predicted molar refractivity (Wildman–Crippen MR) is 79.8 cm³/mol. The number of nitrogens with zero attached hydrogens (tertiary/aromatic N) is 1. The van der Waals surface area contributed by atoms with E-state index in [4.69, 9.17) is 9.47 Å². The third kappa shape index (κ3) is 1.72. The Morgan fingerprint density at radius 1 is 0.850 bits per heavy atom. The minimum atomic E-state index is 0.0263. The SMILES string of the molecule is COc1ccc2c(=O)c3ccc(OC)cc3n(C)c2c1. The lowest BCUT2D eigenvalue weighted by molar-refractivity contribution is 0.415. The zero-order valence-electron chi connectivity index (χ0n) is 11.6. The van der Waals surface area contributed by atoms with Crippen LogP contribution in [0.5, 0.6) is 11.5 Å². The minimum Gasteiger partial charge on any atom is -0.497 e. The van der Waals surface area contributed by atoms with E-state index in [1.54, 1.807) is 38.5 Å². The molecule has 3 rings (SSSR count). The van der Waals surface area contributed by atoms with Gasteiger partial charge in [-0.1, -0.05) is 0 Å². The van der Waals surface area contributed by atoms with E-state index >= 15 is 0 Å². The highest BCUT2D eigenvalue weighted by Crippen LogP contribution is 2.24. The van der Waals surface area contributed by atoms with Crippen LogP contribution < -0.4 is 14.9 Å². The molecule has 0 aliphatic carbocycles. The highest BCUT2D eigenvalue weighted by atomic mass is 16.5. The Balaban J connectivity index is 2.50. The number of rotatable bonds is 2. The third-order valence-corrected chi connectivity index (χ3v) is 3.62. The van der Waals surface area contributed by atoms with E-state index in [9.17, 15) is 4.79 Å². The highest BCUT2D eigenvalue weighted by Gasteiger charge is 2.10. The van der Waals surface area contributed by atoms with Gasteiger partial charge in [-0.25, -0.2) is 0 Å². The molecule has 0 spiro atoms. The molecular formula is C16H15NO3. The van der Waals surface area contributed by atoms with Crippen LogP contribution in [0.4, 0.5) is 0 Å². The highest BCUT2D eigenvalue weighted by molar-refractivity contribution is 5.94. The van der Waals surface area contributed by atoms with Crippen LogP contribution in [0.15, 0.2) is 41.2 Å². The van der Waals surface area contributed by atoms with E-state index in [0.29, 0.717) is 10.8 Å². The molecule has 0 bridgehead atoms. The van der Waals surface area contributed by atoms with Crippen LogP contribution in [-0.2, 0) is 7.05 Å². The first-order chi connectivity index (χ1) is 9.65. The molecule has 0 N–H and O–H groups in total. The summed E-state index contributed by atoms with van der Waals surface area (Å²) in [5.74, 6) is 1.46. The van der Waals surface area contributed by atoms with E-state index < -0.39 is 0 Å². The molecule has 1 aromatic heterocycles. The maximum atomic E-state index is 12.5. The van der Waals surface area contributed by atoms with Gasteiger partial charge in [0.05, 0.1) is 25.3 Å². The molecule has 20 heavy (non-hydrogen) atoms. The zero-order valence-corrected chi connectivity index (χ0v) is 11.6. The number of hydrogen-bond acceptors (Lipinski definition) is 3. The monoisotopic (exact) mass is 269 g/mol. The summed E-state index contributed by atoms with van der Waals surface area (Å²) in [5.41, 5.74) is 1.71. The number of aromatic nitrogens is 1. The van der Waals surface area contributed by atoms with Gasteiger partial charge in [0, 0.05) is 30.0 Å². The van der Waals surface area contributed by atoms with Gasteiger partial charge in [0.1, 0.15) is 11.5 Å². The van der Waals surface area contributed by atoms with Crippen LogP contribution in [0.3, 0.4) is 0 Å². The Bertz CT molecular complexity index is 797. The first kappa shape index (κ1) is 12.5. The molecule has 0 atom stereocenters. The summed E-state index contributed by atoms with van der Waals surface area (Å²) in [5, 5.41) is 1.37. The van der Waals surface area contributed by atoms with E-state index in [1.807, 2.05) is 23.7 Å². The lowest BCUT2D eigenvalue weighted by Gasteiger charge is -2.12. The van der Waals surface area contributed by atoms with E-state index in [1.165, 1.54) is 0 Å². The van der Waals surface area contributed by atoms with Crippen molar-refractivity contribution in [2.24, 2.45) is 7.05 Å². The summed E-state index contributed by atoms with van der Waals surface area (Å²) in [7, 11) is 5.16. The molecule has 0 fully saturated rings. The van der Waals surface area contributed by atoms with Crippen LogP contribution in [0.1, 0.15) is 0 Å². The normalized spacial score (nSPS) is 10.9. The number of methoxy groups -OCH3 is 2. The number of ether oxygens (including phenoxy) is 2. The summed E-state index contributed by atoms with van der Waals surface area (Å²) in [4.78, 5) is 12.5. The summed E-state index contributed by atoms with van der Waals surface area (Å²) < 4.78 is 12.5. The molecule has 0 saturated heterocycles. The van der Waals surface area contributed by atoms with Crippen molar-refractivity contribution in [3.63, 3.8) is 0 Å². The first-order valence-electron chi connectivity index (χ1n) is 6.30. The van der Waals surface area contributed by atoms with Crippen molar-refractivity contribution in [2.75, 3.05) is 14.2 Å². The summed E-state index contributed by atoms with van der Waals surface area (Å²) in [6, 6.07) is 11.0. The lowest BCUT2D eigenvalue weighted by atomic mass is 10.1. The molecule has 0 amide bonds. The summed E-state index contributed by atoms with van der Waals surface area (Å²) in [6.45, 7) is 0. The van der Waals surface area contributed by atoms with Crippen molar-refractivity contribution in [3.8, 4) is 11.5 Å². The van der Waals surface area contributed by atoms with Gasteiger partial charge >= 0.3 is 0 Å². The van der Waals surface area contributed by atoms with Crippen molar-refractivity contribution < 1.29 is 9.47 Å². The second-order valence-electron chi connectivity index (χ2n) is 4.65. The molecule has 0 aliphatic rings. The number of pyridine rings is 1. The second-order valence-corrected chi connectivity index (χ2v) is 4.65. The molecule has 1 heterocycles. The van der Waals surface area contributed by atoms with Gasteiger partial charge in [-0.15, -0.1) is 0 Å². The van der Waals surface area contributed by atoms with Crippen molar-refractivity contribution in [3.05, 3.63) is 46.6 Å². The second kappa shape index (κ2) is 4.56. The Hall–Kier alpha value is -2.49. The number of aryl methyl sites for hydroxylation is 1. The first-order valence-corrected chi connectivity index (χ1v) is 6.30. The van der Waals surface area contributed by atoms with Gasteiger partial charge in [0.15, 0.2) is 5.43 Å². The fourth-order valence-electron chi connectivity index (χ4n) is 2.49. The average molecular weight is 269 g/mol. The molecule has 102 valence electrons. The average Bonchev–Trinajstić information content (AvgIpc) is 2.51. The van der Waals surface area contributed by atoms with Crippen molar-refractivity contribution in [1.29, 1.82) is 0 Å². The molecule has 2 aromatic carbocycles. The molecule has 0 aliphatic heterocycles. The maximum absolute atomic E-state index is 12.5. The smallest absolute Gasteiger partial charge is 0.197 e. The topological polar surface area (TPSA) is 40.5 Å². The van der Waals surface area contributed by atoms with Crippen molar-refractivity contribution in [1.82, 2.24) is 4.57 Å². The van der Waals surface area contributed by atoms with Gasteiger partial charge in [-0.3, -0.25) is 4.79 Å². The van der Waals surface area contributed by atoms with E-state index in [0.717, 1.165) is 22.5 Å². The summed E-state index contributed by atoms with van der Waals surface area (Å²) >= 11 is 0. The largest absolute Gasteiger partial charge is 0.497 e. The molecule has 4 heteroatoms. The Labute approximate surface area is 116 Å². The van der Waals surface area contributed by atoms with Gasteiger partial charge in [0.2, 0.25) is 0 Å². The molecule has 3 aromatic rings. The van der Waals surface area contributed by atoms with Gasteiger partial charge in [0.25, 0.3) is 0 Å². The van der Waals surface area contributed by atoms with Gasteiger partial charge in [-0.05, 0) is 24.3 Å². The van der Waals surface area contributed by atoms with Crippen molar-refractivity contribution in [2.45, 2.75) is 0 Å². The van der Waals surface area contributed by atoms with Crippen molar-refractivity contribution >= 4 is 21.8 Å². The number of benzene rings is 2. The Kier molecular flexibility index (Phi) is 2.86. The van der Waals surface area contributed by atoms with E-state index in [2.05, 4.69) is 0 Å². The van der Waals surface area contributed by atoms with Crippen LogP contribution in [0, 0.1) is 0 Å². The van der Waals surface area contributed by atoms with Gasteiger partial charge in [-0.2, -0.15) is 0 Å². The van der Waals surface area contributed by atoms with Crippen LogP contribution in [0.2, 0.25) is 0 Å². The molecular weight excluding hydrogens is 254 g/mol. The molecule has 0 saturated carbocycles. The van der Waals surface area contributed by atoms with E-state index in [-0.39, 0.29) is 5.43 Å². The predicted octanol–water partition coefficient (Wildman–Crippen LogP) is 2.71. The Morgan fingerprint density at radius 2 is 1.30 bits per heavy atom. The van der Waals surface area contributed by atoms with Crippen LogP contribution >= 0.6 is 0 Å². The van der Waals surface area contributed by atoms with Crippen LogP contribution in [0.25, 0.3) is 21.8 Å². The van der Waals surface area contributed by atoms with Gasteiger partial charge < -0.3 is 14.0 Å². The summed E-state index contributed by atoms with van der Waals surface area (Å²) in [6.07, 6.45) is 0. The maximum Gasteiger partial charge on any atom is 0.197 e. The number of hydrogen-bond donors (Lipinski definition) is 0. The Morgan fingerprint density at radius 3 is 1.70 bits per heavy atom. The number of fused-ring (bicyclic) bond motifs is 2. The van der Waals surface area contributed by atoms with Crippen LogP contribution in [-0.4, -0.2) is 18.8 Å². The standard InChI is InChI=1S/C16H15NO3/c1-17-14-8-10(19-2)4-6-12(14)16(18)13-7-5-11(20-3)9-15(13)17/h4-9H,1-3H3. The third-order valence-electron chi connectivity index (χ3n) is 3.62. The minimum absolute atomic E-state index is 0.0263. The fourth-order valence-corrected chi connectivity index (χ4v) is 2.49. The fraction of sp³-hybridized carbons (Fsp3) is 0.188. The molecule has 0 radical (unpaired) electrons.